The molecule has 0 aromatic heterocycles. The molecule has 1 saturated heterocycles. The Balaban J connectivity index is 2.38. The van der Waals surface area contributed by atoms with Crippen LogP contribution in [0.25, 0.3) is 0 Å². The number of likely N-dealkylation sites (tertiary alicyclic amines) is 1. The quantitative estimate of drug-likeness (QED) is 0.794. The average Bonchev–Trinajstić information content (AvgIpc) is 2.20. The summed E-state index contributed by atoms with van der Waals surface area (Å²) in [7, 11) is 0. The third-order valence-electron chi connectivity index (χ3n) is 2.72. The molecule has 18 heavy (non-hydrogen) atoms. The monoisotopic (exact) mass is 262 g/mol. The van der Waals surface area contributed by atoms with E-state index in [-0.39, 0.29) is 18.7 Å². The Labute approximate surface area is 107 Å². The van der Waals surface area contributed by atoms with Crippen LogP contribution in [0.5, 0.6) is 0 Å². The number of piperidine rings is 1. The molecule has 1 fully saturated rings. The van der Waals surface area contributed by atoms with Gasteiger partial charge in [-0.15, -0.1) is 0 Å². The summed E-state index contributed by atoms with van der Waals surface area (Å²) in [5.74, 6) is 0. The minimum absolute atomic E-state index is 0.0166. The van der Waals surface area contributed by atoms with Gasteiger partial charge < -0.3 is 15.2 Å². The van der Waals surface area contributed by atoms with Crippen molar-refractivity contribution in [2.45, 2.75) is 45.0 Å². The van der Waals surface area contributed by atoms with E-state index in [0.29, 0.717) is 19.5 Å². The second-order valence-electron chi connectivity index (χ2n) is 5.65. The standard InChI is InChI=1S/C12H23FN2O3/c1-12(2,3)14-11(17)18-10-4-5-15(6-7-16)8-9(10)13/h9-10,16H,4-8H2,1-3H3,(H,14,17). The summed E-state index contributed by atoms with van der Waals surface area (Å²) in [4.78, 5) is 13.4. The molecule has 0 radical (unpaired) electrons. The predicted molar refractivity (Wildman–Crippen MR) is 66.2 cm³/mol. The van der Waals surface area contributed by atoms with Crippen LogP contribution in [0.2, 0.25) is 0 Å². The van der Waals surface area contributed by atoms with Gasteiger partial charge in [-0.3, -0.25) is 4.90 Å². The number of aliphatic hydroxyl groups is 1. The maximum Gasteiger partial charge on any atom is 0.407 e. The zero-order valence-electron chi connectivity index (χ0n) is 11.3. The Kier molecular flexibility index (Phi) is 5.34. The fourth-order valence-electron chi connectivity index (χ4n) is 1.90. The molecular formula is C12H23FN2O3. The Bertz CT molecular complexity index is 281. The molecule has 0 spiro atoms. The SMILES string of the molecule is CC(C)(C)NC(=O)OC1CCN(CCO)CC1F. The maximum absolute atomic E-state index is 13.8. The summed E-state index contributed by atoms with van der Waals surface area (Å²) in [5.41, 5.74) is -0.388. The third-order valence-corrected chi connectivity index (χ3v) is 2.72. The first-order valence-electron chi connectivity index (χ1n) is 6.28. The Hall–Kier alpha value is -0.880. The molecule has 1 heterocycles. The van der Waals surface area contributed by atoms with E-state index in [9.17, 15) is 9.18 Å². The molecule has 0 bridgehead atoms. The van der Waals surface area contributed by atoms with Gasteiger partial charge in [-0.2, -0.15) is 0 Å². The number of alkyl halides is 1. The lowest BCUT2D eigenvalue weighted by Gasteiger charge is -2.34. The van der Waals surface area contributed by atoms with E-state index in [4.69, 9.17) is 9.84 Å². The van der Waals surface area contributed by atoms with Gasteiger partial charge in [0.1, 0.15) is 12.3 Å². The van der Waals surface area contributed by atoms with E-state index in [1.807, 2.05) is 25.7 Å². The van der Waals surface area contributed by atoms with Gasteiger partial charge in [-0.1, -0.05) is 0 Å². The number of aliphatic hydroxyl groups excluding tert-OH is 1. The van der Waals surface area contributed by atoms with Gasteiger partial charge in [0.05, 0.1) is 6.61 Å². The summed E-state index contributed by atoms with van der Waals surface area (Å²) < 4.78 is 18.9. The highest BCUT2D eigenvalue weighted by atomic mass is 19.1. The minimum Gasteiger partial charge on any atom is -0.443 e. The van der Waals surface area contributed by atoms with Crippen molar-refractivity contribution in [2.75, 3.05) is 26.2 Å². The molecule has 106 valence electrons. The minimum atomic E-state index is -1.20. The van der Waals surface area contributed by atoms with Crippen LogP contribution in [-0.4, -0.2) is 60.2 Å². The summed E-state index contributed by atoms with van der Waals surface area (Å²) in [6.45, 7) is 6.83. The highest BCUT2D eigenvalue weighted by molar-refractivity contribution is 5.68. The third kappa shape index (κ3) is 5.18. The number of nitrogens with one attached hydrogen (secondary N) is 1. The molecule has 0 saturated carbocycles. The smallest absolute Gasteiger partial charge is 0.407 e. The van der Waals surface area contributed by atoms with Crippen molar-refractivity contribution in [1.82, 2.24) is 10.2 Å². The number of hydrogen-bond donors (Lipinski definition) is 2. The van der Waals surface area contributed by atoms with Gasteiger partial charge in [0.2, 0.25) is 0 Å². The number of halogens is 1. The van der Waals surface area contributed by atoms with Crippen LogP contribution in [0.3, 0.4) is 0 Å². The van der Waals surface area contributed by atoms with E-state index in [2.05, 4.69) is 5.32 Å². The summed E-state index contributed by atoms with van der Waals surface area (Å²) in [5, 5.41) is 11.4. The van der Waals surface area contributed by atoms with Crippen LogP contribution < -0.4 is 5.32 Å². The van der Waals surface area contributed by atoms with Crippen LogP contribution in [0.1, 0.15) is 27.2 Å². The van der Waals surface area contributed by atoms with E-state index >= 15 is 0 Å². The predicted octanol–water partition coefficient (Wildman–Crippen LogP) is 0.916. The summed E-state index contributed by atoms with van der Waals surface area (Å²) in [6, 6.07) is 0. The molecule has 0 aliphatic carbocycles. The van der Waals surface area contributed by atoms with Gasteiger partial charge in [0.15, 0.2) is 0 Å². The lowest BCUT2D eigenvalue weighted by atomic mass is 10.1. The van der Waals surface area contributed by atoms with Crippen LogP contribution in [0, 0.1) is 0 Å². The topological polar surface area (TPSA) is 61.8 Å². The van der Waals surface area contributed by atoms with Crippen molar-refractivity contribution in [3.8, 4) is 0 Å². The van der Waals surface area contributed by atoms with E-state index in [1.165, 1.54) is 0 Å². The fraction of sp³-hybridized carbons (Fsp3) is 0.917. The highest BCUT2D eigenvalue weighted by Gasteiger charge is 2.32. The van der Waals surface area contributed by atoms with E-state index < -0.39 is 18.4 Å². The van der Waals surface area contributed by atoms with Gasteiger partial charge in [-0.25, -0.2) is 9.18 Å². The number of ether oxygens (including phenoxy) is 1. The fourth-order valence-corrected chi connectivity index (χ4v) is 1.90. The summed E-state index contributed by atoms with van der Waals surface area (Å²) in [6.07, 6.45) is -2.01. The second kappa shape index (κ2) is 6.33. The van der Waals surface area contributed by atoms with E-state index in [0.717, 1.165) is 0 Å². The largest absolute Gasteiger partial charge is 0.443 e. The molecule has 0 aromatic rings. The van der Waals surface area contributed by atoms with Gasteiger partial charge in [0, 0.05) is 31.6 Å². The number of amides is 1. The Morgan fingerprint density at radius 2 is 2.22 bits per heavy atom. The Morgan fingerprint density at radius 3 is 2.72 bits per heavy atom. The first-order valence-corrected chi connectivity index (χ1v) is 6.28. The van der Waals surface area contributed by atoms with Gasteiger partial charge in [0.25, 0.3) is 0 Å². The van der Waals surface area contributed by atoms with Crippen LogP contribution in [0.15, 0.2) is 0 Å². The molecule has 5 nitrogen and oxygen atoms in total. The average molecular weight is 262 g/mol. The highest BCUT2D eigenvalue weighted by Crippen LogP contribution is 2.17. The zero-order chi connectivity index (χ0) is 13.8. The van der Waals surface area contributed by atoms with Crippen LogP contribution >= 0.6 is 0 Å². The number of β-amino-alcohol motifs (C(OH)–C–C–N with tert-alkyl or cyclic N) is 1. The first-order chi connectivity index (χ1) is 8.31. The number of alkyl carbamates (subject to hydrolysis) is 1. The van der Waals surface area contributed by atoms with Crippen molar-refractivity contribution in [3.05, 3.63) is 0 Å². The molecule has 0 aromatic carbocycles. The molecule has 1 aliphatic heterocycles. The van der Waals surface area contributed by atoms with Crippen LogP contribution in [0.4, 0.5) is 9.18 Å². The van der Waals surface area contributed by atoms with Gasteiger partial charge >= 0.3 is 6.09 Å². The number of hydrogen-bond acceptors (Lipinski definition) is 4. The molecule has 2 atom stereocenters. The maximum atomic E-state index is 13.8. The van der Waals surface area contributed by atoms with Crippen molar-refractivity contribution >= 4 is 6.09 Å². The molecule has 2 unspecified atom stereocenters. The lowest BCUT2D eigenvalue weighted by molar-refractivity contribution is -0.0128. The molecule has 1 rings (SSSR count). The van der Waals surface area contributed by atoms with Crippen molar-refractivity contribution in [1.29, 1.82) is 0 Å². The number of rotatable bonds is 3. The molecule has 6 heteroatoms. The second-order valence-corrected chi connectivity index (χ2v) is 5.65. The number of nitrogens with zero attached hydrogens (tertiary/aromatic N) is 1. The van der Waals surface area contributed by atoms with Crippen LogP contribution in [-0.2, 0) is 4.74 Å². The molecular weight excluding hydrogens is 239 g/mol. The molecule has 2 N–H and O–H groups in total. The number of carbonyl (C=O) groups excluding carboxylic acids is 1. The molecule has 1 amide bonds. The zero-order valence-corrected chi connectivity index (χ0v) is 11.3. The lowest BCUT2D eigenvalue weighted by Crippen LogP contribution is -2.49. The van der Waals surface area contributed by atoms with Crippen molar-refractivity contribution in [2.24, 2.45) is 0 Å². The normalized spacial score (nSPS) is 25.8. The molecule has 1 aliphatic rings. The number of carbonyl (C=O) groups is 1. The van der Waals surface area contributed by atoms with Crippen molar-refractivity contribution in [3.63, 3.8) is 0 Å². The van der Waals surface area contributed by atoms with Gasteiger partial charge in [-0.05, 0) is 20.8 Å². The van der Waals surface area contributed by atoms with E-state index in [1.54, 1.807) is 0 Å². The summed E-state index contributed by atoms with van der Waals surface area (Å²) >= 11 is 0. The Morgan fingerprint density at radius 1 is 1.56 bits per heavy atom. The van der Waals surface area contributed by atoms with Crippen molar-refractivity contribution < 1.29 is 19.0 Å². The first kappa shape index (κ1) is 15.2.